The molecule has 3 aromatic rings. The molecule has 3 rings (SSSR count). The zero-order valence-electron chi connectivity index (χ0n) is 16.5. The molecule has 0 radical (unpaired) electrons. The van der Waals surface area contributed by atoms with Crippen LogP contribution in [-0.4, -0.2) is 30.0 Å². The standard InChI is InChI=1S/C22H21ClF2N2O3/c1-3-6-30-21-8-16-17(13(2)10-26-12-28)11-27(20(16)9-18(21)23)22(29)15-5-4-14(24)7-19(15)25/h4-5,7-9,11-13H,3,6,10H2,1-2H3,(H,26,28). The van der Waals surface area contributed by atoms with Crippen molar-refractivity contribution < 1.29 is 23.1 Å². The number of hydrogen-bond donors (Lipinski definition) is 1. The lowest BCUT2D eigenvalue weighted by Crippen LogP contribution is -2.18. The second-order valence-corrected chi connectivity index (χ2v) is 7.37. The fourth-order valence-electron chi connectivity index (χ4n) is 3.26. The number of halogens is 3. The molecule has 1 heterocycles. The van der Waals surface area contributed by atoms with Gasteiger partial charge in [-0.3, -0.25) is 14.2 Å². The quantitative estimate of drug-likeness (QED) is 0.513. The van der Waals surface area contributed by atoms with Crippen LogP contribution in [0.25, 0.3) is 10.9 Å². The summed E-state index contributed by atoms with van der Waals surface area (Å²) in [5.41, 5.74) is 0.958. The molecule has 1 N–H and O–H groups in total. The van der Waals surface area contributed by atoms with Crippen molar-refractivity contribution in [1.29, 1.82) is 0 Å². The molecule has 1 unspecified atom stereocenters. The molecule has 1 amide bonds. The molecule has 0 saturated carbocycles. The summed E-state index contributed by atoms with van der Waals surface area (Å²) in [7, 11) is 0. The summed E-state index contributed by atoms with van der Waals surface area (Å²) in [4.78, 5) is 23.8. The van der Waals surface area contributed by atoms with E-state index in [0.29, 0.717) is 47.3 Å². The Balaban J connectivity index is 2.17. The smallest absolute Gasteiger partial charge is 0.265 e. The Morgan fingerprint density at radius 3 is 2.73 bits per heavy atom. The van der Waals surface area contributed by atoms with E-state index < -0.39 is 17.5 Å². The molecule has 0 aliphatic heterocycles. The summed E-state index contributed by atoms with van der Waals surface area (Å²) >= 11 is 6.35. The summed E-state index contributed by atoms with van der Waals surface area (Å²) < 4.78 is 34.5. The Morgan fingerprint density at radius 2 is 2.07 bits per heavy atom. The van der Waals surface area contributed by atoms with Crippen molar-refractivity contribution in [2.24, 2.45) is 0 Å². The van der Waals surface area contributed by atoms with Crippen molar-refractivity contribution in [3.63, 3.8) is 0 Å². The first-order valence-corrected chi connectivity index (χ1v) is 9.89. The third kappa shape index (κ3) is 4.31. The first-order valence-electron chi connectivity index (χ1n) is 9.51. The van der Waals surface area contributed by atoms with Gasteiger partial charge >= 0.3 is 0 Å². The fourth-order valence-corrected chi connectivity index (χ4v) is 3.47. The van der Waals surface area contributed by atoms with E-state index in [4.69, 9.17) is 16.3 Å². The van der Waals surface area contributed by atoms with Crippen LogP contribution in [-0.2, 0) is 4.79 Å². The minimum absolute atomic E-state index is 0.148. The number of carbonyl (C=O) groups is 2. The van der Waals surface area contributed by atoms with Crippen LogP contribution in [0.4, 0.5) is 8.78 Å². The zero-order valence-corrected chi connectivity index (χ0v) is 17.3. The van der Waals surface area contributed by atoms with Gasteiger partial charge in [-0.1, -0.05) is 25.4 Å². The molecule has 5 nitrogen and oxygen atoms in total. The largest absolute Gasteiger partial charge is 0.492 e. The van der Waals surface area contributed by atoms with Crippen molar-refractivity contribution >= 4 is 34.8 Å². The van der Waals surface area contributed by atoms with Crippen LogP contribution in [0.15, 0.2) is 36.5 Å². The molecular weight excluding hydrogens is 414 g/mol. The molecule has 30 heavy (non-hydrogen) atoms. The summed E-state index contributed by atoms with van der Waals surface area (Å²) in [6, 6.07) is 6.13. The number of aromatic nitrogens is 1. The molecule has 0 spiro atoms. The van der Waals surface area contributed by atoms with Gasteiger partial charge in [-0.05, 0) is 36.2 Å². The van der Waals surface area contributed by atoms with Gasteiger partial charge in [-0.25, -0.2) is 8.78 Å². The maximum Gasteiger partial charge on any atom is 0.265 e. The van der Waals surface area contributed by atoms with Crippen LogP contribution < -0.4 is 10.1 Å². The summed E-state index contributed by atoms with van der Waals surface area (Å²) in [6.07, 6.45) is 2.98. The lowest BCUT2D eigenvalue weighted by molar-refractivity contribution is -0.109. The Hall–Kier alpha value is -2.93. The van der Waals surface area contributed by atoms with Crippen molar-refractivity contribution in [3.05, 3.63) is 64.3 Å². The lowest BCUT2D eigenvalue weighted by atomic mass is 10.0. The maximum atomic E-state index is 14.2. The van der Waals surface area contributed by atoms with Crippen molar-refractivity contribution in [1.82, 2.24) is 9.88 Å². The van der Waals surface area contributed by atoms with Crippen LogP contribution in [0.2, 0.25) is 5.02 Å². The number of rotatable bonds is 8. The van der Waals surface area contributed by atoms with E-state index in [-0.39, 0.29) is 11.5 Å². The van der Waals surface area contributed by atoms with E-state index in [9.17, 15) is 18.4 Å². The molecule has 2 aromatic carbocycles. The van der Waals surface area contributed by atoms with E-state index >= 15 is 0 Å². The second-order valence-electron chi connectivity index (χ2n) is 6.96. The van der Waals surface area contributed by atoms with Crippen LogP contribution in [0, 0.1) is 11.6 Å². The molecule has 0 fully saturated rings. The highest BCUT2D eigenvalue weighted by Crippen LogP contribution is 2.36. The normalized spacial score (nSPS) is 12.0. The fraction of sp³-hybridized carbons (Fsp3) is 0.273. The number of hydrogen-bond acceptors (Lipinski definition) is 3. The van der Waals surface area contributed by atoms with Crippen molar-refractivity contribution in [3.8, 4) is 5.75 Å². The monoisotopic (exact) mass is 434 g/mol. The topological polar surface area (TPSA) is 60.3 Å². The van der Waals surface area contributed by atoms with E-state index in [1.807, 2.05) is 13.8 Å². The first kappa shape index (κ1) is 21.8. The maximum absolute atomic E-state index is 14.2. The molecule has 1 aromatic heterocycles. The highest BCUT2D eigenvalue weighted by molar-refractivity contribution is 6.33. The van der Waals surface area contributed by atoms with Crippen LogP contribution in [0.5, 0.6) is 5.75 Å². The van der Waals surface area contributed by atoms with Crippen molar-refractivity contribution in [2.45, 2.75) is 26.2 Å². The highest BCUT2D eigenvalue weighted by atomic mass is 35.5. The molecule has 8 heteroatoms. The Morgan fingerprint density at radius 1 is 1.30 bits per heavy atom. The number of amides is 1. The average molecular weight is 435 g/mol. The van der Waals surface area contributed by atoms with Gasteiger partial charge in [0.25, 0.3) is 5.91 Å². The van der Waals surface area contributed by atoms with E-state index in [1.165, 1.54) is 4.57 Å². The van der Waals surface area contributed by atoms with E-state index in [1.54, 1.807) is 18.3 Å². The Kier molecular flexibility index (Phi) is 6.72. The number of benzene rings is 2. The highest BCUT2D eigenvalue weighted by Gasteiger charge is 2.22. The first-order chi connectivity index (χ1) is 14.4. The van der Waals surface area contributed by atoms with Crippen molar-refractivity contribution in [2.75, 3.05) is 13.2 Å². The van der Waals surface area contributed by atoms with Gasteiger partial charge in [0.2, 0.25) is 6.41 Å². The van der Waals surface area contributed by atoms with Crippen LogP contribution in [0.1, 0.15) is 42.1 Å². The second kappa shape index (κ2) is 9.26. The van der Waals surface area contributed by atoms with Gasteiger partial charge in [0.1, 0.15) is 17.4 Å². The lowest BCUT2D eigenvalue weighted by Gasteiger charge is -2.11. The zero-order chi connectivity index (χ0) is 21.8. The van der Waals surface area contributed by atoms with E-state index in [2.05, 4.69) is 5.32 Å². The molecular formula is C22H21ClF2N2O3. The SMILES string of the molecule is CCCOc1cc2c(C(C)CNC=O)cn(C(=O)c3ccc(F)cc3F)c2cc1Cl. The van der Waals surface area contributed by atoms with Gasteiger partial charge in [0, 0.05) is 30.1 Å². The summed E-state index contributed by atoms with van der Waals surface area (Å²) in [6.45, 7) is 4.68. The van der Waals surface area contributed by atoms with E-state index in [0.717, 1.165) is 24.1 Å². The Labute approximate surface area is 177 Å². The van der Waals surface area contributed by atoms with Gasteiger partial charge in [-0.2, -0.15) is 0 Å². The number of ether oxygens (including phenoxy) is 1. The van der Waals surface area contributed by atoms with Crippen LogP contribution in [0.3, 0.4) is 0 Å². The molecule has 0 aliphatic rings. The minimum Gasteiger partial charge on any atom is -0.492 e. The average Bonchev–Trinajstić information content (AvgIpc) is 3.08. The van der Waals surface area contributed by atoms with Crippen LogP contribution >= 0.6 is 11.6 Å². The van der Waals surface area contributed by atoms with Gasteiger partial charge < -0.3 is 10.1 Å². The molecule has 0 saturated heterocycles. The predicted octanol–water partition coefficient (Wildman–Crippen LogP) is 4.90. The number of fused-ring (bicyclic) bond motifs is 1. The van der Waals surface area contributed by atoms with Gasteiger partial charge in [-0.15, -0.1) is 0 Å². The molecule has 1 atom stereocenters. The molecule has 0 bridgehead atoms. The molecule has 0 aliphatic carbocycles. The molecule has 158 valence electrons. The summed E-state index contributed by atoms with van der Waals surface area (Å²) in [5.74, 6) is -2.05. The minimum atomic E-state index is -0.951. The summed E-state index contributed by atoms with van der Waals surface area (Å²) in [5, 5.41) is 3.63. The number of carbonyl (C=O) groups excluding carboxylic acids is 2. The number of nitrogens with zero attached hydrogens (tertiary/aromatic N) is 1. The number of nitrogens with one attached hydrogen (secondary N) is 1. The van der Waals surface area contributed by atoms with Gasteiger partial charge in [0.15, 0.2) is 0 Å². The third-order valence-electron chi connectivity index (χ3n) is 4.77. The predicted molar refractivity (Wildman–Crippen MR) is 111 cm³/mol. The Bertz CT molecular complexity index is 1100. The van der Waals surface area contributed by atoms with Gasteiger partial charge in [0.05, 0.1) is 22.7 Å². The third-order valence-corrected chi connectivity index (χ3v) is 5.06.